The van der Waals surface area contributed by atoms with Gasteiger partial charge in [0.2, 0.25) is 0 Å². The van der Waals surface area contributed by atoms with E-state index < -0.39 is 0 Å². The normalized spacial score (nSPS) is 12.3. The van der Waals surface area contributed by atoms with Crippen molar-refractivity contribution in [2.45, 2.75) is 26.3 Å². The van der Waals surface area contributed by atoms with E-state index in [2.05, 4.69) is 30.6 Å². The van der Waals surface area contributed by atoms with Crippen LogP contribution in [-0.4, -0.2) is 9.55 Å². The fourth-order valence-electron chi connectivity index (χ4n) is 2.18. The van der Waals surface area contributed by atoms with Gasteiger partial charge in [-0.2, -0.15) is 0 Å². The maximum absolute atomic E-state index is 6.18. The monoisotopic (exact) mass is 241 g/mol. The zero-order valence-corrected chi connectivity index (χ0v) is 10.9. The Bertz CT molecular complexity index is 540. The Morgan fingerprint density at radius 1 is 1.39 bits per heavy atom. The van der Waals surface area contributed by atoms with Gasteiger partial charge in [0.15, 0.2) is 0 Å². The number of rotatable bonds is 4. The molecule has 0 aliphatic carbocycles. The van der Waals surface area contributed by atoms with Crippen LogP contribution in [0.4, 0.5) is 5.82 Å². The maximum Gasteiger partial charge on any atom is 0.127 e. The van der Waals surface area contributed by atoms with Gasteiger partial charge in [0, 0.05) is 12.5 Å². The second kappa shape index (κ2) is 5.08. The largest absolute Gasteiger partial charge is 0.384 e. The molecule has 0 spiro atoms. The summed E-state index contributed by atoms with van der Waals surface area (Å²) in [6.45, 7) is 8.55. The molecule has 0 aliphatic rings. The zero-order chi connectivity index (χ0) is 13.1. The van der Waals surface area contributed by atoms with Crippen LogP contribution in [0.2, 0.25) is 0 Å². The first-order valence-corrected chi connectivity index (χ1v) is 6.13. The minimum absolute atomic E-state index is 0.205. The summed E-state index contributed by atoms with van der Waals surface area (Å²) in [5.74, 6) is 1.88. The molecule has 2 N–H and O–H groups in total. The van der Waals surface area contributed by atoms with E-state index in [0.717, 1.165) is 17.3 Å². The Balaban J connectivity index is 2.40. The molecule has 1 heterocycles. The minimum atomic E-state index is 0.205. The molecule has 0 radical (unpaired) electrons. The number of nitrogen functional groups attached to an aromatic ring is 1. The molecule has 0 amide bonds. The number of hydrogen-bond acceptors (Lipinski definition) is 2. The molecule has 1 unspecified atom stereocenters. The van der Waals surface area contributed by atoms with Gasteiger partial charge in [-0.25, -0.2) is 4.98 Å². The minimum Gasteiger partial charge on any atom is -0.384 e. The summed E-state index contributed by atoms with van der Waals surface area (Å²) in [6.07, 6.45) is 1.84. The van der Waals surface area contributed by atoms with Gasteiger partial charge in [-0.1, -0.05) is 43.3 Å². The van der Waals surface area contributed by atoms with Gasteiger partial charge in [-0.3, -0.25) is 0 Å². The van der Waals surface area contributed by atoms with E-state index >= 15 is 0 Å². The lowest BCUT2D eigenvalue weighted by Crippen LogP contribution is -2.05. The molecule has 0 saturated heterocycles. The highest BCUT2D eigenvalue weighted by molar-refractivity contribution is 5.44. The number of nitrogens with zero attached hydrogens (tertiary/aromatic N) is 2. The number of benzene rings is 1. The van der Waals surface area contributed by atoms with Crippen LogP contribution in [0.1, 0.15) is 29.9 Å². The Morgan fingerprint density at radius 2 is 2.06 bits per heavy atom. The molecule has 1 aromatic carbocycles. The third kappa shape index (κ3) is 2.16. The number of allylic oxidation sites excluding steroid dienone is 1. The van der Waals surface area contributed by atoms with Crippen molar-refractivity contribution in [1.82, 2.24) is 9.55 Å². The second-order valence-corrected chi connectivity index (χ2v) is 4.46. The third-order valence-corrected chi connectivity index (χ3v) is 3.25. The summed E-state index contributed by atoms with van der Waals surface area (Å²) in [5.41, 5.74) is 8.36. The lowest BCUT2D eigenvalue weighted by atomic mass is 9.98. The number of nitrogens with two attached hydrogens (primary N) is 1. The smallest absolute Gasteiger partial charge is 0.127 e. The van der Waals surface area contributed by atoms with Crippen molar-refractivity contribution >= 4 is 5.82 Å². The molecule has 0 fully saturated rings. The van der Waals surface area contributed by atoms with Crippen molar-refractivity contribution in [2.24, 2.45) is 0 Å². The van der Waals surface area contributed by atoms with E-state index in [1.807, 2.05) is 35.8 Å². The number of imidazole rings is 1. The number of aryl methyl sites for hydroxylation is 1. The lowest BCUT2D eigenvalue weighted by molar-refractivity contribution is 0.792. The second-order valence-electron chi connectivity index (χ2n) is 4.46. The van der Waals surface area contributed by atoms with Crippen molar-refractivity contribution in [3.8, 4) is 0 Å². The van der Waals surface area contributed by atoms with Crippen molar-refractivity contribution in [3.05, 3.63) is 60.1 Å². The molecule has 2 rings (SSSR count). The van der Waals surface area contributed by atoms with Gasteiger partial charge < -0.3 is 10.3 Å². The fourth-order valence-corrected chi connectivity index (χ4v) is 2.18. The summed E-state index contributed by atoms with van der Waals surface area (Å²) in [7, 11) is 0. The van der Waals surface area contributed by atoms with Gasteiger partial charge >= 0.3 is 0 Å². The summed E-state index contributed by atoms with van der Waals surface area (Å²) in [6, 6.07) is 10.3. The van der Waals surface area contributed by atoms with E-state index in [1.165, 1.54) is 5.56 Å². The van der Waals surface area contributed by atoms with Gasteiger partial charge in [0.25, 0.3) is 0 Å². The van der Waals surface area contributed by atoms with Crippen LogP contribution in [0.5, 0.6) is 0 Å². The van der Waals surface area contributed by atoms with E-state index in [9.17, 15) is 0 Å². The van der Waals surface area contributed by atoms with Gasteiger partial charge in [-0.05, 0) is 12.5 Å². The van der Waals surface area contributed by atoms with Crippen LogP contribution in [0, 0.1) is 6.92 Å². The van der Waals surface area contributed by atoms with E-state index in [4.69, 9.17) is 5.73 Å². The zero-order valence-electron chi connectivity index (χ0n) is 10.9. The van der Waals surface area contributed by atoms with Gasteiger partial charge in [-0.15, -0.1) is 6.58 Å². The molecule has 18 heavy (non-hydrogen) atoms. The van der Waals surface area contributed by atoms with Crippen molar-refractivity contribution in [1.29, 1.82) is 0 Å². The number of anilines is 1. The molecule has 1 aromatic heterocycles. The van der Waals surface area contributed by atoms with Crippen LogP contribution in [-0.2, 0) is 6.54 Å². The van der Waals surface area contributed by atoms with Crippen LogP contribution >= 0.6 is 0 Å². The summed E-state index contributed by atoms with van der Waals surface area (Å²) in [5, 5.41) is 0. The van der Waals surface area contributed by atoms with Crippen molar-refractivity contribution < 1.29 is 0 Å². The lowest BCUT2D eigenvalue weighted by Gasteiger charge is -2.10. The van der Waals surface area contributed by atoms with Crippen molar-refractivity contribution in [2.75, 3.05) is 5.73 Å². The topological polar surface area (TPSA) is 43.8 Å². The molecule has 0 saturated carbocycles. The predicted octanol–water partition coefficient (Wildman–Crippen LogP) is 3.11. The molecule has 2 aromatic rings. The molecule has 94 valence electrons. The van der Waals surface area contributed by atoms with E-state index in [1.54, 1.807) is 0 Å². The third-order valence-electron chi connectivity index (χ3n) is 3.25. The SMILES string of the molecule is C=CCn1c(C)nc(C(C)c2ccccc2)c1N. The van der Waals surface area contributed by atoms with Crippen LogP contribution in [0.15, 0.2) is 43.0 Å². The van der Waals surface area contributed by atoms with Crippen LogP contribution in [0.25, 0.3) is 0 Å². The Hall–Kier alpha value is -2.03. The maximum atomic E-state index is 6.18. The average Bonchev–Trinajstić information content (AvgIpc) is 2.67. The summed E-state index contributed by atoms with van der Waals surface area (Å²) < 4.78 is 1.99. The summed E-state index contributed by atoms with van der Waals surface area (Å²) in [4.78, 5) is 4.60. The molecular weight excluding hydrogens is 222 g/mol. The number of aromatic nitrogens is 2. The molecule has 0 bridgehead atoms. The molecule has 0 aliphatic heterocycles. The highest BCUT2D eigenvalue weighted by atomic mass is 15.1. The van der Waals surface area contributed by atoms with E-state index in [-0.39, 0.29) is 5.92 Å². The molecule has 3 heteroatoms. The Morgan fingerprint density at radius 3 is 2.67 bits per heavy atom. The average molecular weight is 241 g/mol. The van der Waals surface area contributed by atoms with Gasteiger partial charge in [0.1, 0.15) is 11.6 Å². The molecule has 1 atom stereocenters. The fraction of sp³-hybridized carbons (Fsp3) is 0.267. The molecular formula is C15H19N3. The molecule has 3 nitrogen and oxygen atoms in total. The standard InChI is InChI=1S/C15H19N3/c1-4-10-18-12(3)17-14(15(18)16)11(2)13-8-6-5-7-9-13/h4-9,11H,1,10,16H2,2-3H3. The Kier molecular flexibility index (Phi) is 3.51. The Labute approximate surface area is 108 Å². The van der Waals surface area contributed by atoms with Crippen molar-refractivity contribution in [3.63, 3.8) is 0 Å². The van der Waals surface area contributed by atoms with Crippen LogP contribution < -0.4 is 5.73 Å². The van der Waals surface area contributed by atoms with E-state index in [0.29, 0.717) is 6.54 Å². The van der Waals surface area contributed by atoms with Crippen LogP contribution in [0.3, 0.4) is 0 Å². The quantitative estimate of drug-likeness (QED) is 0.836. The first kappa shape index (κ1) is 12.4. The van der Waals surface area contributed by atoms with Gasteiger partial charge in [0.05, 0.1) is 5.69 Å². The predicted molar refractivity (Wildman–Crippen MR) is 75.5 cm³/mol. The first-order valence-electron chi connectivity index (χ1n) is 6.13. The highest BCUT2D eigenvalue weighted by Crippen LogP contribution is 2.28. The first-order chi connectivity index (χ1) is 8.65. The number of hydrogen-bond donors (Lipinski definition) is 1. The highest BCUT2D eigenvalue weighted by Gasteiger charge is 2.18. The summed E-state index contributed by atoms with van der Waals surface area (Å²) >= 11 is 0.